The Morgan fingerprint density at radius 1 is 1.14 bits per heavy atom. The minimum atomic E-state index is -0.358. The second kappa shape index (κ2) is 6.93. The number of hydrogen-bond donors (Lipinski definition) is 0. The summed E-state index contributed by atoms with van der Waals surface area (Å²) in [4.78, 5) is 36.4. The van der Waals surface area contributed by atoms with Gasteiger partial charge in [-0.1, -0.05) is 12.1 Å². The summed E-state index contributed by atoms with van der Waals surface area (Å²) >= 11 is 1.77. The Balaban J connectivity index is 1.42. The zero-order chi connectivity index (χ0) is 20.1. The van der Waals surface area contributed by atoms with Gasteiger partial charge < -0.3 is 4.57 Å². The lowest BCUT2D eigenvalue weighted by Crippen LogP contribution is -2.38. The Hall–Kier alpha value is -2.78. The van der Waals surface area contributed by atoms with Crippen molar-refractivity contribution >= 4 is 32.7 Å². The molecule has 0 bridgehead atoms. The van der Waals surface area contributed by atoms with Crippen LogP contribution in [0.15, 0.2) is 40.2 Å². The van der Waals surface area contributed by atoms with Gasteiger partial charge >= 0.3 is 5.69 Å². The first-order valence-electron chi connectivity index (χ1n) is 9.75. The van der Waals surface area contributed by atoms with Gasteiger partial charge in [0.2, 0.25) is 0 Å². The Labute approximate surface area is 170 Å². The van der Waals surface area contributed by atoms with E-state index < -0.39 is 0 Å². The number of thiazole rings is 1. The van der Waals surface area contributed by atoms with Crippen molar-refractivity contribution in [2.75, 3.05) is 13.1 Å². The molecule has 0 radical (unpaired) electrons. The van der Waals surface area contributed by atoms with Crippen LogP contribution in [-0.4, -0.2) is 41.7 Å². The molecular weight excluding hydrogens is 388 g/mol. The molecule has 0 aliphatic carbocycles. The number of para-hydroxylation sites is 1. The summed E-state index contributed by atoms with van der Waals surface area (Å²) in [5.41, 5.74) is 1.31. The molecule has 8 nitrogen and oxygen atoms in total. The molecular formula is C20H22N6O2S. The Morgan fingerprint density at radius 2 is 1.97 bits per heavy atom. The lowest BCUT2D eigenvalue weighted by Gasteiger charge is -2.22. The summed E-state index contributed by atoms with van der Waals surface area (Å²) in [5, 5.41) is 1.16. The first kappa shape index (κ1) is 18.3. The van der Waals surface area contributed by atoms with Crippen LogP contribution in [0.2, 0.25) is 0 Å². The molecule has 1 fully saturated rings. The fourth-order valence-electron chi connectivity index (χ4n) is 4.21. The maximum atomic E-state index is 12.6. The average Bonchev–Trinajstić information content (AvgIpc) is 3.45. The summed E-state index contributed by atoms with van der Waals surface area (Å²) in [7, 11) is 3.15. The number of rotatable bonds is 4. The van der Waals surface area contributed by atoms with Crippen molar-refractivity contribution in [3.63, 3.8) is 0 Å². The van der Waals surface area contributed by atoms with Gasteiger partial charge in [0.15, 0.2) is 11.2 Å². The average molecular weight is 411 g/mol. The Morgan fingerprint density at radius 3 is 2.79 bits per heavy atom. The van der Waals surface area contributed by atoms with Gasteiger partial charge in [-0.3, -0.25) is 18.8 Å². The van der Waals surface area contributed by atoms with Crippen molar-refractivity contribution in [2.45, 2.75) is 25.4 Å². The van der Waals surface area contributed by atoms with Gasteiger partial charge in [-0.2, -0.15) is 0 Å². The summed E-state index contributed by atoms with van der Waals surface area (Å²) in [5.74, 6) is 0. The highest BCUT2D eigenvalue weighted by atomic mass is 32.1. The highest BCUT2D eigenvalue weighted by Crippen LogP contribution is 2.36. The zero-order valence-electron chi connectivity index (χ0n) is 16.4. The number of nitrogens with zero attached hydrogens (tertiary/aromatic N) is 6. The normalized spacial score (nSPS) is 17.7. The van der Waals surface area contributed by atoms with E-state index in [9.17, 15) is 9.59 Å². The molecule has 1 aliphatic rings. The number of aromatic nitrogens is 5. The van der Waals surface area contributed by atoms with E-state index in [2.05, 4.69) is 28.1 Å². The van der Waals surface area contributed by atoms with Crippen molar-refractivity contribution < 1.29 is 0 Å². The summed E-state index contributed by atoms with van der Waals surface area (Å²) in [6.07, 6.45) is 3.90. The maximum absolute atomic E-state index is 12.6. The van der Waals surface area contributed by atoms with E-state index >= 15 is 0 Å². The maximum Gasteiger partial charge on any atom is 0.332 e. The van der Waals surface area contributed by atoms with Gasteiger partial charge in [0.25, 0.3) is 5.56 Å². The van der Waals surface area contributed by atoms with Crippen molar-refractivity contribution in [1.29, 1.82) is 0 Å². The molecule has 4 heterocycles. The number of likely N-dealkylation sites (tertiary alicyclic amines) is 1. The molecule has 0 N–H and O–H groups in total. The second-order valence-electron chi connectivity index (χ2n) is 7.53. The van der Waals surface area contributed by atoms with Crippen molar-refractivity contribution in [1.82, 2.24) is 28.6 Å². The van der Waals surface area contributed by atoms with E-state index in [4.69, 9.17) is 4.98 Å². The van der Waals surface area contributed by atoms with Crippen molar-refractivity contribution in [3.8, 4) is 0 Å². The third kappa shape index (κ3) is 2.92. The predicted octanol–water partition coefficient (Wildman–Crippen LogP) is 1.88. The van der Waals surface area contributed by atoms with Crippen LogP contribution in [0.25, 0.3) is 21.4 Å². The lowest BCUT2D eigenvalue weighted by molar-refractivity contribution is 0.247. The molecule has 29 heavy (non-hydrogen) atoms. The first-order chi connectivity index (χ1) is 14.0. The monoisotopic (exact) mass is 410 g/mol. The third-order valence-electron chi connectivity index (χ3n) is 5.80. The molecule has 1 unspecified atom stereocenters. The van der Waals surface area contributed by atoms with Gasteiger partial charge in [-0.25, -0.2) is 14.8 Å². The zero-order valence-corrected chi connectivity index (χ0v) is 17.2. The van der Waals surface area contributed by atoms with Crippen molar-refractivity contribution in [3.05, 3.63) is 56.4 Å². The molecule has 0 spiro atoms. The molecule has 1 aromatic carbocycles. The summed E-state index contributed by atoms with van der Waals surface area (Å²) in [6, 6.07) is 8.57. The number of fused-ring (bicyclic) bond motifs is 2. The molecule has 4 aromatic rings. The van der Waals surface area contributed by atoms with Gasteiger partial charge in [0.05, 0.1) is 22.6 Å². The van der Waals surface area contributed by atoms with E-state index in [1.165, 1.54) is 16.3 Å². The molecule has 1 saturated heterocycles. The molecule has 150 valence electrons. The number of imidazole rings is 1. The van der Waals surface area contributed by atoms with Crippen LogP contribution in [0, 0.1) is 0 Å². The van der Waals surface area contributed by atoms with Crippen LogP contribution in [-0.2, 0) is 20.6 Å². The van der Waals surface area contributed by atoms with Crippen LogP contribution in [0.1, 0.15) is 23.9 Å². The van der Waals surface area contributed by atoms with Gasteiger partial charge in [-0.05, 0) is 31.5 Å². The smallest absolute Gasteiger partial charge is 0.323 e. The molecule has 3 aromatic heterocycles. The Bertz CT molecular complexity index is 1300. The molecule has 9 heteroatoms. The van der Waals surface area contributed by atoms with Gasteiger partial charge in [-0.15, -0.1) is 11.3 Å². The number of benzene rings is 1. The second-order valence-corrected chi connectivity index (χ2v) is 8.59. The standard InChI is InChI=1S/C20H22N6O2S/c1-23-17-16(19(27)24(2)20(23)28)26(12-21-17)11-10-25-9-5-7-14(25)18-22-13-6-3-4-8-15(13)29-18/h3-4,6,8,12,14H,5,7,9-11H2,1-2H3. The van der Waals surface area contributed by atoms with E-state index in [0.717, 1.165) is 41.0 Å². The topological polar surface area (TPSA) is 78.0 Å². The molecule has 1 aliphatic heterocycles. The molecule has 1 atom stereocenters. The highest BCUT2D eigenvalue weighted by molar-refractivity contribution is 7.18. The van der Waals surface area contributed by atoms with Gasteiger partial charge in [0.1, 0.15) is 5.01 Å². The molecule has 0 saturated carbocycles. The van der Waals surface area contributed by atoms with E-state index in [0.29, 0.717) is 23.8 Å². The molecule has 0 amide bonds. The fraction of sp³-hybridized carbons (Fsp3) is 0.400. The minimum Gasteiger partial charge on any atom is -0.323 e. The minimum absolute atomic E-state index is 0.301. The number of hydrogen-bond acceptors (Lipinski definition) is 6. The largest absolute Gasteiger partial charge is 0.332 e. The van der Waals surface area contributed by atoms with Gasteiger partial charge in [0, 0.05) is 27.2 Å². The fourth-order valence-corrected chi connectivity index (χ4v) is 5.35. The number of aryl methyl sites for hydroxylation is 1. The van der Waals surface area contributed by atoms with Crippen LogP contribution in [0.5, 0.6) is 0 Å². The van der Waals surface area contributed by atoms with Crippen LogP contribution >= 0.6 is 11.3 Å². The lowest BCUT2D eigenvalue weighted by atomic mass is 10.2. The quantitative estimate of drug-likeness (QED) is 0.513. The molecule has 5 rings (SSSR count). The third-order valence-corrected chi connectivity index (χ3v) is 6.94. The first-order valence-corrected chi connectivity index (χ1v) is 10.6. The summed E-state index contributed by atoms with van der Waals surface area (Å²) in [6.45, 7) is 2.47. The SMILES string of the molecule is Cn1c(=O)c2c(ncn2CCN2CCCC2c2nc3ccccc3s2)n(C)c1=O. The van der Waals surface area contributed by atoms with E-state index in [1.807, 2.05) is 10.6 Å². The van der Waals surface area contributed by atoms with Crippen LogP contribution in [0.3, 0.4) is 0 Å². The van der Waals surface area contributed by atoms with Crippen LogP contribution < -0.4 is 11.2 Å². The highest BCUT2D eigenvalue weighted by Gasteiger charge is 2.28. The van der Waals surface area contributed by atoms with E-state index in [1.54, 1.807) is 24.7 Å². The van der Waals surface area contributed by atoms with Crippen LogP contribution in [0.4, 0.5) is 0 Å². The Kier molecular flexibility index (Phi) is 4.36. The van der Waals surface area contributed by atoms with Crippen molar-refractivity contribution in [2.24, 2.45) is 14.1 Å². The summed E-state index contributed by atoms with van der Waals surface area (Å²) < 4.78 is 5.65. The van der Waals surface area contributed by atoms with E-state index in [-0.39, 0.29) is 11.2 Å². The predicted molar refractivity (Wildman–Crippen MR) is 113 cm³/mol.